The van der Waals surface area contributed by atoms with Crippen molar-refractivity contribution in [2.24, 2.45) is 0 Å². The lowest BCUT2D eigenvalue weighted by atomic mass is 10.2. The van der Waals surface area contributed by atoms with Crippen molar-refractivity contribution in [2.75, 3.05) is 6.54 Å². The number of hydrogen-bond donors (Lipinski definition) is 1. The fraction of sp³-hybridized carbons (Fsp3) is 0.333. The number of halogens is 2. The topological polar surface area (TPSA) is 25.2 Å². The molecule has 1 N–H and O–H groups in total. The van der Waals surface area contributed by atoms with Gasteiger partial charge in [0.05, 0.1) is 10.7 Å². The Morgan fingerprint density at radius 2 is 2.18 bits per heavy atom. The highest BCUT2D eigenvalue weighted by Gasteiger charge is 2.22. The third-order valence-corrected chi connectivity index (χ3v) is 5.00. The van der Waals surface area contributed by atoms with Crippen LogP contribution in [0.25, 0.3) is 0 Å². The van der Waals surface area contributed by atoms with Gasteiger partial charge in [-0.1, -0.05) is 6.92 Å². The molecule has 2 heterocycles. The maximum Gasteiger partial charge on any atom is 0.140 e. The summed E-state index contributed by atoms with van der Waals surface area (Å²) in [5.74, 6) is 0.932. The molecule has 2 rings (SSSR count). The van der Waals surface area contributed by atoms with Gasteiger partial charge < -0.3 is 9.73 Å². The molecular weight excluding hydrogens is 366 g/mol. The fourth-order valence-corrected chi connectivity index (χ4v) is 3.72. The highest BCUT2D eigenvalue weighted by molar-refractivity contribution is 9.10. The molecule has 17 heavy (non-hydrogen) atoms. The van der Waals surface area contributed by atoms with Crippen LogP contribution >= 0.6 is 43.2 Å². The van der Waals surface area contributed by atoms with E-state index < -0.39 is 0 Å². The first-order valence-corrected chi connectivity index (χ1v) is 7.89. The molecule has 0 bridgehead atoms. The van der Waals surface area contributed by atoms with Crippen LogP contribution in [0.3, 0.4) is 0 Å². The van der Waals surface area contributed by atoms with E-state index in [2.05, 4.69) is 55.5 Å². The maximum absolute atomic E-state index is 5.58. The van der Waals surface area contributed by atoms with Gasteiger partial charge in [-0.15, -0.1) is 11.3 Å². The molecule has 2 aromatic rings. The van der Waals surface area contributed by atoms with Gasteiger partial charge in [-0.05, 0) is 62.3 Å². The maximum atomic E-state index is 5.58. The minimum absolute atomic E-state index is 0.105. The molecule has 0 aliphatic rings. The third-order valence-electron chi connectivity index (χ3n) is 2.41. The summed E-state index contributed by atoms with van der Waals surface area (Å²) in [6, 6.07) is 4.10. The Morgan fingerprint density at radius 3 is 2.71 bits per heavy atom. The Balaban J connectivity index is 2.32. The molecule has 2 aromatic heterocycles. The molecule has 0 radical (unpaired) electrons. The Labute approximate surface area is 122 Å². The van der Waals surface area contributed by atoms with Crippen LogP contribution in [-0.2, 0) is 0 Å². The van der Waals surface area contributed by atoms with Gasteiger partial charge in [0, 0.05) is 9.35 Å². The van der Waals surface area contributed by atoms with Crippen molar-refractivity contribution in [3.8, 4) is 0 Å². The summed E-state index contributed by atoms with van der Waals surface area (Å²) in [5, 5.41) is 5.59. The molecule has 0 amide bonds. The first-order valence-electron chi connectivity index (χ1n) is 5.43. The minimum atomic E-state index is 0.105. The van der Waals surface area contributed by atoms with E-state index in [4.69, 9.17) is 4.42 Å². The van der Waals surface area contributed by atoms with Gasteiger partial charge >= 0.3 is 0 Å². The van der Waals surface area contributed by atoms with Crippen molar-refractivity contribution < 1.29 is 4.42 Å². The standard InChI is InChI=1S/C12H13Br2NOS/c1-2-5-15-10(11-8(13)3-6-16-11)12-9(14)4-7-17-12/h3-4,6-7,10,15H,2,5H2,1H3. The van der Waals surface area contributed by atoms with Crippen LogP contribution in [0.4, 0.5) is 0 Å². The van der Waals surface area contributed by atoms with Gasteiger partial charge in [-0.25, -0.2) is 0 Å². The average Bonchev–Trinajstić information content (AvgIpc) is 2.90. The van der Waals surface area contributed by atoms with Gasteiger partial charge in [0.25, 0.3) is 0 Å². The average molecular weight is 379 g/mol. The minimum Gasteiger partial charge on any atom is -0.466 e. The summed E-state index contributed by atoms with van der Waals surface area (Å²) in [7, 11) is 0. The van der Waals surface area contributed by atoms with E-state index in [0.717, 1.165) is 27.7 Å². The Morgan fingerprint density at radius 1 is 1.35 bits per heavy atom. The normalized spacial score (nSPS) is 12.9. The highest BCUT2D eigenvalue weighted by atomic mass is 79.9. The number of rotatable bonds is 5. The first-order chi connectivity index (χ1) is 8.24. The van der Waals surface area contributed by atoms with Crippen LogP contribution in [0.1, 0.15) is 30.0 Å². The summed E-state index contributed by atoms with van der Waals surface area (Å²) in [5.41, 5.74) is 0. The lowest BCUT2D eigenvalue weighted by Crippen LogP contribution is -2.22. The monoisotopic (exact) mass is 377 g/mol. The lowest BCUT2D eigenvalue weighted by Gasteiger charge is -2.16. The molecule has 0 aromatic carbocycles. The van der Waals surface area contributed by atoms with E-state index >= 15 is 0 Å². The number of hydrogen-bond acceptors (Lipinski definition) is 3. The quantitative estimate of drug-likeness (QED) is 0.795. The third kappa shape index (κ3) is 3.02. The molecule has 0 aliphatic carbocycles. The van der Waals surface area contributed by atoms with Crippen LogP contribution in [-0.4, -0.2) is 6.54 Å². The predicted molar refractivity (Wildman–Crippen MR) is 78.6 cm³/mol. The number of thiophene rings is 1. The molecule has 92 valence electrons. The second kappa shape index (κ2) is 6.18. The Bertz CT molecular complexity index is 440. The summed E-state index contributed by atoms with van der Waals surface area (Å²) in [4.78, 5) is 1.24. The van der Waals surface area contributed by atoms with Crippen molar-refractivity contribution in [2.45, 2.75) is 19.4 Å². The van der Waals surface area contributed by atoms with E-state index in [-0.39, 0.29) is 6.04 Å². The summed E-state index contributed by atoms with van der Waals surface area (Å²) < 4.78 is 7.71. The molecule has 5 heteroatoms. The second-order valence-corrected chi connectivity index (χ2v) is 6.31. The molecular formula is C12H13Br2NOS. The molecule has 0 saturated carbocycles. The highest BCUT2D eigenvalue weighted by Crippen LogP contribution is 2.36. The van der Waals surface area contributed by atoms with Crippen molar-refractivity contribution in [1.29, 1.82) is 0 Å². The molecule has 1 atom stereocenters. The van der Waals surface area contributed by atoms with Gasteiger partial charge in [0.1, 0.15) is 11.8 Å². The number of furan rings is 1. The van der Waals surface area contributed by atoms with Crippen LogP contribution in [0.2, 0.25) is 0 Å². The zero-order valence-electron chi connectivity index (χ0n) is 9.37. The van der Waals surface area contributed by atoms with Crippen LogP contribution < -0.4 is 5.32 Å². The van der Waals surface area contributed by atoms with Crippen molar-refractivity contribution in [3.63, 3.8) is 0 Å². The van der Waals surface area contributed by atoms with E-state index in [0.29, 0.717) is 0 Å². The Hall–Kier alpha value is -0.100. The zero-order chi connectivity index (χ0) is 12.3. The van der Waals surface area contributed by atoms with E-state index in [9.17, 15) is 0 Å². The number of nitrogens with one attached hydrogen (secondary N) is 1. The SMILES string of the molecule is CCCNC(c1occc1Br)c1sccc1Br. The van der Waals surface area contributed by atoms with Gasteiger partial charge in [0.15, 0.2) is 0 Å². The van der Waals surface area contributed by atoms with Gasteiger partial charge in [-0.2, -0.15) is 0 Å². The molecule has 2 nitrogen and oxygen atoms in total. The largest absolute Gasteiger partial charge is 0.466 e. The van der Waals surface area contributed by atoms with Gasteiger partial charge in [0.2, 0.25) is 0 Å². The second-order valence-electron chi connectivity index (χ2n) is 3.65. The molecule has 0 saturated heterocycles. The molecule has 0 aliphatic heterocycles. The van der Waals surface area contributed by atoms with E-state index in [1.54, 1.807) is 17.6 Å². The summed E-state index contributed by atoms with van der Waals surface area (Å²) in [6.07, 6.45) is 2.80. The Kier molecular flexibility index (Phi) is 4.85. The summed E-state index contributed by atoms with van der Waals surface area (Å²) >= 11 is 8.83. The molecule has 0 fully saturated rings. The van der Waals surface area contributed by atoms with E-state index in [1.165, 1.54) is 4.88 Å². The first kappa shape index (κ1) is 13.3. The smallest absolute Gasteiger partial charge is 0.140 e. The summed E-state index contributed by atoms with van der Waals surface area (Å²) in [6.45, 7) is 3.12. The predicted octanol–water partition coefficient (Wildman–Crippen LogP) is 4.96. The molecule has 1 unspecified atom stereocenters. The van der Waals surface area contributed by atoms with Crippen molar-refractivity contribution >= 4 is 43.2 Å². The van der Waals surface area contributed by atoms with Crippen molar-refractivity contribution in [3.05, 3.63) is 43.4 Å². The van der Waals surface area contributed by atoms with E-state index in [1.807, 2.05) is 6.07 Å². The lowest BCUT2D eigenvalue weighted by molar-refractivity contribution is 0.447. The zero-order valence-corrected chi connectivity index (χ0v) is 13.4. The van der Waals surface area contributed by atoms with Crippen LogP contribution in [0.5, 0.6) is 0 Å². The molecule has 0 spiro atoms. The van der Waals surface area contributed by atoms with Gasteiger partial charge in [-0.3, -0.25) is 0 Å². The van der Waals surface area contributed by atoms with Crippen LogP contribution in [0, 0.1) is 0 Å². The fourth-order valence-electron chi connectivity index (χ4n) is 1.62. The van der Waals surface area contributed by atoms with Crippen molar-refractivity contribution in [1.82, 2.24) is 5.32 Å². The van der Waals surface area contributed by atoms with Crippen LogP contribution in [0.15, 0.2) is 37.1 Å².